The van der Waals surface area contributed by atoms with Crippen LogP contribution >= 0.6 is 15.9 Å². The molecule has 0 aliphatic heterocycles. The molecule has 142 valence electrons. The molecule has 4 aromatic heterocycles. The lowest BCUT2D eigenvalue weighted by Gasteiger charge is -2.10. The fourth-order valence-corrected chi connectivity index (χ4v) is 3.03. The fraction of sp³-hybridized carbons (Fsp3) is 0.0588. The van der Waals surface area contributed by atoms with Gasteiger partial charge in [-0.05, 0) is 46.3 Å². The highest BCUT2D eigenvalue weighted by Crippen LogP contribution is 2.34. The van der Waals surface area contributed by atoms with Crippen molar-refractivity contribution in [1.29, 1.82) is 0 Å². The Morgan fingerprint density at radius 1 is 1.25 bits per heavy atom. The molecule has 0 saturated heterocycles. The average Bonchev–Trinajstić information content (AvgIpc) is 3.30. The van der Waals surface area contributed by atoms with Crippen molar-refractivity contribution in [2.75, 3.05) is 5.32 Å². The van der Waals surface area contributed by atoms with E-state index < -0.39 is 17.8 Å². The van der Waals surface area contributed by atoms with E-state index in [-0.39, 0.29) is 27.3 Å². The van der Waals surface area contributed by atoms with E-state index in [0.29, 0.717) is 10.2 Å². The van der Waals surface area contributed by atoms with Crippen LogP contribution in [0.1, 0.15) is 16.2 Å². The molecule has 0 aromatic carbocycles. The van der Waals surface area contributed by atoms with Gasteiger partial charge >= 0.3 is 6.18 Å². The zero-order chi connectivity index (χ0) is 19.9. The van der Waals surface area contributed by atoms with Crippen LogP contribution in [0.4, 0.5) is 18.9 Å². The molecule has 11 heteroatoms. The summed E-state index contributed by atoms with van der Waals surface area (Å²) in [5, 5.41) is 6.35. The zero-order valence-corrected chi connectivity index (χ0v) is 15.3. The number of halogens is 4. The van der Waals surface area contributed by atoms with Crippen molar-refractivity contribution in [3.63, 3.8) is 0 Å². The van der Waals surface area contributed by atoms with Crippen molar-refractivity contribution in [3.8, 4) is 11.5 Å². The molecular formula is C17H9BrF3N5O2. The number of rotatable bonds is 3. The summed E-state index contributed by atoms with van der Waals surface area (Å²) in [5.74, 6) is -0.555. The van der Waals surface area contributed by atoms with Crippen molar-refractivity contribution in [2.24, 2.45) is 0 Å². The van der Waals surface area contributed by atoms with Crippen molar-refractivity contribution in [3.05, 3.63) is 64.8 Å². The van der Waals surface area contributed by atoms with Crippen LogP contribution in [-0.2, 0) is 6.18 Å². The van der Waals surface area contributed by atoms with Crippen LogP contribution in [0.3, 0.4) is 0 Å². The number of fused-ring (bicyclic) bond motifs is 1. The first-order valence-corrected chi connectivity index (χ1v) is 8.55. The van der Waals surface area contributed by atoms with E-state index in [4.69, 9.17) is 4.42 Å². The van der Waals surface area contributed by atoms with Crippen molar-refractivity contribution < 1.29 is 22.4 Å². The lowest BCUT2D eigenvalue weighted by molar-refractivity contribution is -0.142. The second-order valence-electron chi connectivity index (χ2n) is 5.60. The Morgan fingerprint density at radius 3 is 2.71 bits per heavy atom. The lowest BCUT2D eigenvalue weighted by Crippen LogP contribution is -2.15. The molecule has 7 nitrogen and oxygen atoms in total. The van der Waals surface area contributed by atoms with E-state index in [1.165, 1.54) is 30.8 Å². The largest absolute Gasteiger partial charge is 0.463 e. The highest BCUT2D eigenvalue weighted by atomic mass is 79.9. The Balaban J connectivity index is 1.86. The maximum Gasteiger partial charge on any atom is 0.433 e. The molecule has 0 fully saturated rings. The molecule has 0 aliphatic rings. The van der Waals surface area contributed by atoms with E-state index >= 15 is 0 Å². The van der Waals surface area contributed by atoms with Crippen LogP contribution in [0.5, 0.6) is 0 Å². The number of hydrogen-bond acceptors (Lipinski definition) is 5. The Bertz CT molecular complexity index is 1160. The van der Waals surface area contributed by atoms with Crippen LogP contribution < -0.4 is 5.32 Å². The summed E-state index contributed by atoms with van der Waals surface area (Å²) < 4.78 is 46.5. The topological polar surface area (TPSA) is 85.3 Å². The third kappa shape index (κ3) is 3.24. The molecule has 4 aromatic rings. The molecule has 0 spiro atoms. The Morgan fingerprint density at radius 2 is 2.07 bits per heavy atom. The summed E-state index contributed by atoms with van der Waals surface area (Å²) in [4.78, 5) is 20.5. The summed E-state index contributed by atoms with van der Waals surface area (Å²) in [6.45, 7) is 0. The van der Waals surface area contributed by atoms with E-state index in [1.54, 1.807) is 12.1 Å². The highest BCUT2D eigenvalue weighted by molar-refractivity contribution is 9.10. The van der Waals surface area contributed by atoms with Gasteiger partial charge in [-0.15, -0.1) is 0 Å². The molecule has 0 atom stereocenters. The quantitative estimate of drug-likeness (QED) is 0.498. The molecular weight excluding hydrogens is 443 g/mol. The zero-order valence-electron chi connectivity index (χ0n) is 13.7. The van der Waals surface area contributed by atoms with E-state index in [1.807, 2.05) is 0 Å². The molecule has 4 heterocycles. The Labute approximate surface area is 163 Å². The van der Waals surface area contributed by atoms with E-state index in [2.05, 4.69) is 36.3 Å². The van der Waals surface area contributed by atoms with Gasteiger partial charge in [0, 0.05) is 6.20 Å². The predicted octanol–water partition coefficient (Wildman–Crippen LogP) is 4.42. The molecule has 0 radical (unpaired) electrons. The van der Waals surface area contributed by atoms with Gasteiger partial charge in [0.05, 0.1) is 22.6 Å². The number of nitrogens with one attached hydrogen (secondary N) is 1. The number of anilines is 1. The number of nitrogens with zero attached hydrogens (tertiary/aromatic N) is 4. The third-order valence-corrected chi connectivity index (χ3v) is 4.46. The minimum atomic E-state index is -4.73. The number of hydrogen-bond donors (Lipinski definition) is 1. The molecule has 1 N–H and O–H groups in total. The van der Waals surface area contributed by atoms with Gasteiger partial charge in [-0.1, -0.05) is 0 Å². The fourth-order valence-electron chi connectivity index (χ4n) is 2.52. The highest BCUT2D eigenvalue weighted by Gasteiger charge is 2.37. The maximum atomic E-state index is 13.6. The first kappa shape index (κ1) is 18.2. The van der Waals surface area contributed by atoms with Gasteiger partial charge in [0.2, 0.25) is 0 Å². The van der Waals surface area contributed by atoms with Gasteiger partial charge in [-0.25, -0.2) is 9.50 Å². The smallest absolute Gasteiger partial charge is 0.433 e. The number of aromatic nitrogens is 4. The Hall–Kier alpha value is -3.21. The van der Waals surface area contributed by atoms with Crippen LogP contribution in [0, 0.1) is 0 Å². The summed E-state index contributed by atoms with van der Waals surface area (Å²) in [6.07, 6.45) is -0.486. The van der Waals surface area contributed by atoms with E-state index in [0.717, 1.165) is 6.07 Å². The molecule has 4 rings (SSSR count). The average molecular weight is 452 g/mol. The minimum absolute atomic E-state index is 0.0211. The van der Waals surface area contributed by atoms with Crippen molar-refractivity contribution in [2.45, 2.75) is 6.18 Å². The van der Waals surface area contributed by atoms with Gasteiger partial charge in [-0.3, -0.25) is 9.78 Å². The van der Waals surface area contributed by atoms with Gasteiger partial charge in [0.15, 0.2) is 22.8 Å². The standard InChI is InChI=1S/C17H9BrF3N5O2/c18-13-14(16(27)23-9-3-1-5-22-8-9)25-26-12(17(19,20)21)7-10(24-15(13)26)11-4-2-6-28-11/h1-8H,(H,23,27). The third-order valence-electron chi connectivity index (χ3n) is 3.73. The summed E-state index contributed by atoms with van der Waals surface area (Å²) >= 11 is 3.14. The summed E-state index contributed by atoms with van der Waals surface area (Å²) in [5.41, 5.74) is -1.18. The molecule has 0 aliphatic carbocycles. The predicted molar refractivity (Wildman–Crippen MR) is 95.6 cm³/mol. The number of amides is 1. The molecule has 0 bridgehead atoms. The Kier molecular flexibility index (Phi) is 4.38. The van der Waals surface area contributed by atoms with Gasteiger partial charge in [-0.2, -0.15) is 18.3 Å². The monoisotopic (exact) mass is 451 g/mol. The number of carbonyl (C=O) groups is 1. The number of pyridine rings is 1. The lowest BCUT2D eigenvalue weighted by atomic mass is 10.2. The van der Waals surface area contributed by atoms with Crippen LogP contribution in [0.25, 0.3) is 17.1 Å². The first-order valence-electron chi connectivity index (χ1n) is 7.76. The second kappa shape index (κ2) is 6.75. The van der Waals surface area contributed by atoms with E-state index in [9.17, 15) is 18.0 Å². The van der Waals surface area contributed by atoms with Crippen molar-refractivity contribution >= 4 is 33.2 Å². The molecule has 28 heavy (non-hydrogen) atoms. The normalized spacial score (nSPS) is 11.7. The minimum Gasteiger partial charge on any atom is -0.463 e. The number of carbonyl (C=O) groups excluding carboxylic acids is 1. The summed E-state index contributed by atoms with van der Waals surface area (Å²) in [7, 11) is 0. The SMILES string of the molecule is O=C(Nc1cccnc1)c1nn2c(C(F)(F)F)cc(-c3ccco3)nc2c1Br. The van der Waals surface area contributed by atoms with Gasteiger partial charge in [0.1, 0.15) is 5.69 Å². The first-order chi connectivity index (χ1) is 13.3. The van der Waals surface area contributed by atoms with Crippen LogP contribution in [0.15, 0.2) is 57.9 Å². The summed E-state index contributed by atoms with van der Waals surface area (Å²) in [6, 6.07) is 7.02. The molecule has 0 saturated carbocycles. The van der Waals surface area contributed by atoms with Gasteiger partial charge < -0.3 is 9.73 Å². The number of furan rings is 1. The maximum absolute atomic E-state index is 13.6. The number of alkyl halides is 3. The van der Waals surface area contributed by atoms with Crippen molar-refractivity contribution in [1.82, 2.24) is 19.6 Å². The molecule has 1 amide bonds. The molecule has 0 unspecified atom stereocenters. The van der Waals surface area contributed by atoms with Crippen LogP contribution in [-0.4, -0.2) is 25.5 Å². The van der Waals surface area contributed by atoms with Crippen LogP contribution in [0.2, 0.25) is 0 Å². The van der Waals surface area contributed by atoms with Gasteiger partial charge in [0.25, 0.3) is 5.91 Å². The second-order valence-corrected chi connectivity index (χ2v) is 6.39.